The summed E-state index contributed by atoms with van der Waals surface area (Å²) in [6.45, 7) is 0. The first-order valence-corrected chi connectivity index (χ1v) is 8.26. The van der Waals surface area contributed by atoms with Gasteiger partial charge < -0.3 is 16.0 Å². The molecule has 0 unspecified atom stereocenters. The van der Waals surface area contributed by atoms with Gasteiger partial charge in [-0.2, -0.15) is 0 Å². The standard InChI is InChI=1S/C21H24N3/c1-22-18-14-17(20(23-2)21(18)24-3)19(15-10-6-4-7-11-15)16-12-8-5-9-13-16/h4-14,19,22-24H,1-3H3. The predicted octanol–water partition coefficient (Wildman–Crippen LogP) is 3.16. The van der Waals surface area contributed by atoms with Gasteiger partial charge in [0.15, 0.2) is 0 Å². The third-order valence-electron chi connectivity index (χ3n) is 4.45. The fourth-order valence-electron chi connectivity index (χ4n) is 3.38. The molecule has 2 aromatic carbocycles. The second kappa shape index (κ2) is 7.26. The van der Waals surface area contributed by atoms with E-state index in [-0.39, 0.29) is 5.92 Å². The minimum absolute atomic E-state index is 0.184. The van der Waals surface area contributed by atoms with E-state index in [1.54, 1.807) is 0 Å². The largest absolute Gasteiger partial charge is 0.389 e. The van der Waals surface area contributed by atoms with Crippen LogP contribution in [0.15, 0.2) is 83.8 Å². The van der Waals surface area contributed by atoms with Crippen LogP contribution >= 0.6 is 0 Å². The first-order chi connectivity index (χ1) is 11.8. The van der Waals surface area contributed by atoms with Crippen molar-refractivity contribution in [3.05, 3.63) is 101 Å². The monoisotopic (exact) mass is 318 g/mol. The Bertz CT molecular complexity index is 693. The molecule has 1 aliphatic carbocycles. The molecule has 0 fully saturated rings. The topological polar surface area (TPSA) is 36.1 Å². The highest BCUT2D eigenvalue weighted by Gasteiger charge is 2.33. The van der Waals surface area contributed by atoms with Crippen LogP contribution in [0.4, 0.5) is 0 Å². The molecule has 0 spiro atoms. The second-order valence-electron chi connectivity index (χ2n) is 5.77. The summed E-state index contributed by atoms with van der Waals surface area (Å²) in [5, 5.41) is 10.0. The van der Waals surface area contributed by atoms with Crippen molar-refractivity contribution in [3.63, 3.8) is 0 Å². The summed E-state index contributed by atoms with van der Waals surface area (Å²) in [6, 6.07) is 21.3. The van der Waals surface area contributed by atoms with E-state index in [9.17, 15) is 0 Å². The van der Waals surface area contributed by atoms with E-state index in [0.717, 1.165) is 17.1 Å². The Hall–Kier alpha value is -2.68. The van der Waals surface area contributed by atoms with E-state index in [1.807, 2.05) is 21.1 Å². The highest BCUT2D eigenvalue weighted by Crippen LogP contribution is 2.42. The van der Waals surface area contributed by atoms with Crippen molar-refractivity contribution in [3.8, 4) is 0 Å². The summed E-state index contributed by atoms with van der Waals surface area (Å²) in [7, 11) is 5.90. The maximum atomic E-state index is 3.39. The van der Waals surface area contributed by atoms with Gasteiger partial charge in [-0.25, -0.2) is 0 Å². The molecule has 1 radical (unpaired) electrons. The Morgan fingerprint density at radius 2 is 1.12 bits per heavy atom. The maximum Gasteiger partial charge on any atom is 0.0772 e. The predicted molar refractivity (Wildman–Crippen MR) is 100 cm³/mol. The fourth-order valence-corrected chi connectivity index (χ4v) is 3.38. The van der Waals surface area contributed by atoms with Crippen LogP contribution in [0.1, 0.15) is 17.0 Å². The highest BCUT2D eigenvalue weighted by atomic mass is 15.0. The van der Waals surface area contributed by atoms with Crippen molar-refractivity contribution >= 4 is 0 Å². The zero-order valence-corrected chi connectivity index (χ0v) is 14.4. The van der Waals surface area contributed by atoms with Crippen LogP contribution < -0.4 is 16.0 Å². The third-order valence-corrected chi connectivity index (χ3v) is 4.45. The zero-order chi connectivity index (χ0) is 16.9. The van der Waals surface area contributed by atoms with E-state index in [0.29, 0.717) is 0 Å². The number of hydrogen-bond donors (Lipinski definition) is 3. The van der Waals surface area contributed by atoms with Gasteiger partial charge in [-0.3, -0.25) is 0 Å². The molecule has 0 aliphatic heterocycles. The first-order valence-electron chi connectivity index (χ1n) is 8.26. The first kappa shape index (κ1) is 16.2. The van der Waals surface area contributed by atoms with Crippen molar-refractivity contribution in [2.45, 2.75) is 5.92 Å². The second-order valence-corrected chi connectivity index (χ2v) is 5.77. The van der Waals surface area contributed by atoms with Crippen LogP contribution in [0.2, 0.25) is 0 Å². The van der Waals surface area contributed by atoms with E-state index in [1.165, 1.54) is 17.0 Å². The molecule has 0 bridgehead atoms. The number of nitrogens with one attached hydrogen (secondary N) is 3. The summed E-state index contributed by atoms with van der Waals surface area (Å²) in [6.07, 6.45) is 2.24. The van der Waals surface area contributed by atoms with Gasteiger partial charge in [-0.15, -0.1) is 0 Å². The van der Waals surface area contributed by atoms with Crippen molar-refractivity contribution in [2.75, 3.05) is 21.1 Å². The normalized spacial score (nSPS) is 14.8. The molecule has 2 aromatic rings. The molecule has 0 aromatic heterocycles. The van der Waals surface area contributed by atoms with Gasteiger partial charge in [0.1, 0.15) is 0 Å². The summed E-state index contributed by atoms with van der Waals surface area (Å²) >= 11 is 0. The Balaban J connectivity index is 2.13. The molecule has 0 heterocycles. The van der Waals surface area contributed by atoms with E-state index < -0.39 is 0 Å². The molecule has 24 heavy (non-hydrogen) atoms. The number of allylic oxidation sites excluding steroid dienone is 1. The lowest BCUT2D eigenvalue weighted by molar-refractivity contribution is 0.807. The smallest absolute Gasteiger partial charge is 0.0772 e. The summed E-state index contributed by atoms with van der Waals surface area (Å²) in [5.74, 6) is 1.45. The summed E-state index contributed by atoms with van der Waals surface area (Å²) in [4.78, 5) is 0. The Morgan fingerprint density at radius 1 is 0.625 bits per heavy atom. The lowest BCUT2D eigenvalue weighted by Gasteiger charge is -2.25. The van der Waals surface area contributed by atoms with E-state index >= 15 is 0 Å². The Labute approximate surface area is 144 Å². The number of benzene rings is 2. The van der Waals surface area contributed by atoms with Crippen LogP contribution in [0.3, 0.4) is 0 Å². The molecule has 3 rings (SSSR count). The lowest BCUT2D eigenvalue weighted by Crippen LogP contribution is -2.23. The van der Waals surface area contributed by atoms with Crippen molar-refractivity contribution < 1.29 is 0 Å². The van der Waals surface area contributed by atoms with Crippen molar-refractivity contribution in [2.24, 2.45) is 0 Å². The number of likely N-dealkylation sites (N-methyl/N-ethyl adjacent to an activating group) is 2. The summed E-state index contributed by atoms with van der Waals surface area (Å²) in [5.41, 5.74) is 5.92. The SMILES string of the molecule is CNC1=C[C](C(c2ccccc2)c2ccccc2)C(NC)=C1NC. The van der Waals surface area contributed by atoms with Crippen LogP contribution in [0.5, 0.6) is 0 Å². The van der Waals surface area contributed by atoms with Crippen molar-refractivity contribution in [1.29, 1.82) is 0 Å². The van der Waals surface area contributed by atoms with Gasteiger partial charge in [0.25, 0.3) is 0 Å². The molecule has 0 saturated heterocycles. The van der Waals surface area contributed by atoms with Crippen LogP contribution in [0, 0.1) is 5.92 Å². The van der Waals surface area contributed by atoms with Gasteiger partial charge in [0, 0.05) is 32.8 Å². The summed E-state index contributed by atoms with van der Waals surface area (Å²) < 4.78 is 0. The Morgan fingerprint density at radius 3 is 1.54 bits per heavy atom. The van der Waals surface area contributed by atoms with E-state index in [2.05, 4.69) is 82.7 Å². The number of rotatable bonds is 6. The van der Waals surface area contributed by atoms with Crippen molar-refractivity contribution in [1.82, 2.24) is 16.0 Å². The van der Waals surface area contributed by atoms with Gasteiger partial charge in [-0.1, -0.05) is 60.7 Å². The zero-order valence-electron chi connectivity index (χ0n) is 14.4. The van der Waals surface area contributed by atoms with Crippen LogP contribution in [-0.2, 0) is 0 Å². The molecule has 3 heteroatoms. The average Bonchev–Trinajstić information content (AvgIpc) is 3.01. The molecule has 3 nitrogen and oxygen atoms in total. The minimum atomic E-state index is 0.184. The van der Waals surface area contributed by atoms with Gasteiger partial charge in [0.2, 0.25) is 0 Å². The van der Waals surface area contributed by atoms with Gasteiger partial charge in [-0.05, 0) is 17.2 Å². The van der Waals surface area contributed by atoms with E-state index in [4.69, 9.17) is 0 Å². The molecule has 1 aliphatic rings. The molecular formula is C21H24N3. The van der Waals surface area contributed by atoms with Gasteiger partial charge in [0.05, 0.1) is 17.3 Å². The van der Waals surface area contributed by atoms with Crippen LogP contribution in [0.25, 0.3) is 0 Å². The maximum absolute atomic E-state index is 3.39. The number of hydrogen-bond acceptors (Lipinski definition) is 3. The highest BCUT2D eigenvalue weighted by molar-refractivity contribution is 5.59. The minimum Gasteiger partial charge on any atom is -0.389 e. The lowest BCUT2D eigenvalue weighted by atomic mass is 9.80. The molecule has 0 atom stereocenters. The molecular weight excluding hydrogens is 294 g/mol. The van der Waals surface area contributed by atoms with Crippen LogP contribution in [-0.4, -0.2) is 21.1 Å². The molecule has 123 valence electrons. The molecule has 0 amide bonds. The molecule has 0 saturated carbocycles. The average molecular weight is 318 g/mol. The van der Waals surface area contributed by atoms with Gasteiger partial charge >= 0.3 is 0 Å². The third kappa shape index (κ3) is 2.90. The molecule has 3 N–H and O–H groups in total. The fraction of sp³-hybridized carbons (Fsp3) is 0.190. The quantitative estimate of drug-likeness (QED) is 0.766. The Kier molecular flexibility index (Phi) is 4.90.